The maximum Gasteiger partial charge on any atom is 0.150 e. The summed E-state index contributed by atoms with van der Waals surface area (Å²) in [5.41, 5.74) is 1.33. The van der Waals surface area contributed by atoms with Crippen LogP contribution in [0.25, 0.3) is 0 Å². The Morgan fingerprint density at radius 1 is 1.26 bits per heavy atom. The molecule has 2 rings (SSSR count). The summed E-state index contributed by atoms with van der Waals surface area (Å²) in [6.45, 7) is 1.84. The van der Waals surface area contributed by atoms with E-state index in [-0.39, 0.29) is 5.02 Å². The standard InChI is InChI=1S/C14H9BrClFO2/c1-8-2-3-9(7-18)4-13(8)19-14-6-12(17)11(16)5-10(14)15/h2-7H,1H3. The number of aryl methyl sites for hydroxylation is 1. The van der Waals surface area contributed by atoms with Crippen LogP contribution < -0.4 is 4.74 Å². The van der Waals surface area contributed by atoms with Crippen LogP contribution in [-0.2, 0) is 0 Å². The van der Waals surface area contributed by atoms with Gasteiger partial charge in [0.25, 0.3) is 0 Å². The molecule has 19 heavy (non-hydrogen) atoms. The van der Waals surface area contributed by atoms with Crippen molar-refractivity contribution in [2.45, 2.75) is 6.92 Å². The fraction of sp³-hybridized carbons (Fsp3) is 0.0714. The van der Waals surface area contributed by atoms with Crippen LogP contribution in [0.15, 0.2) is 34.8 Å². The predicted octanol–water partition coefficient (Wildman–Crippen LogP) is 5.15. The Morgan fingerprint density at radius 2 is 2.00 bits per heavy atom. The van der Waals surface area contributed by atoms with E-state index in [1.807, 2.05) is 6.92 Å². The van der Waals surface area contributed by atoms with Crippen LogP contribution in [0.3, 0.4) is 0 Å². The lowest BCUT2D eigenvalue weighted by Crippen LogP contribution is -1.92. The molecule has 0 fully saturated rings. The van der Waals surface area contributed by atoms with Gasteiger partial charge >= 0.3 is 0 Å². The second-order valence-electron chi connectivity index (χ2n) is 3.94. The van der Waals surface area contributed by atoms with Gasteiger partial charge in [0.15, 0.2) is 0 Å². The second-order valence-corrected chi connectivity index (χ2v) is 5.20. The fourth-order valence-electron chi connectivity index (χ4n) is 1.50. The van der Waals surface area contributed by atoms with Gasteiger partial charge in [0.05, 0.1) is 9.50 Å². The number of benzene rings is 2. The predicted molar refractivity (Wildman–Crippen MR) is 75.8 cm³/mol. The minimum atomic E-state index is -0.566. The van der Waals surface area contributed by atoms with E-state index in [4.69, 9.17) is 16.3 Å². The SMILES string of the molecule is Cc1ccc(C=O)cc1Oc1cc(F)c(Cl)cc1Br. The minimum Gasteiger partial charge on any atom is -0.456 e. The van der Waals surface area contributed by atoms with Crippen LogP contribution in [-0.4, -0.2) is 6.29 Å². The van der Waals surface area contributed by atoms with Gasteiger partial charge in [-0.3, -0.25) is 4.79 Å². The number of ether oxygens (including phenoxy) is 1. The van der Waals surface area contributed by atoms with E-state index in [1.165, 1.54) is 12.1 Å². The zero-order valence-corrected chi connectivity index (χ0v) is 12.3. The molecule has 0 aliphatic carbocycles. The number of aldehydes is 1. The van der Waals surface area contributed by atoms with Crippen molar-refractivity contribution in [1.29, 1.82) is 0 Å². The lowest BCUT2D eigenvalue weighted by atomic mass is 10.1. The first-order valence-corrected chi connectivity index (χ1v) is 6.56. The van der Waals surface area contributed by atoms with Gasteiger partial charge in [-0.25, -0.2) is 4.39 Å². The molecule has 0 amide bonds. The third-order valence-electron chi connectivity index (χ3n) is 2.54. The lowest BCUT2D eigenvalue weighted by Gasteiger charge is -2.11. The second kappa shape index (κ2) is 5.72. The van der Waals surface area contributed by atoms with Crippen molar-refractivity contribution >= 4 is 33.8 Å². The Bertz CT molecular complexity index is 644. The first-order chi connectivity index (χ1) is 9.01. The highest BCUT2D eigenvalue weighted by atomic mass is 79.9. The molecule has 0 heterocycles. The smallest absolute Gasteiger partial charge is 0.150 e. The number of hydrogen-bond acceptors (Lipinski definition) is 2. The molecule has 0 atom stereocenters. The molecule has 2 nitrogen and oxygen atoms in total. The number of halogens is 3. The summed E-state index contributed by atoms with van der Waals surface area (Å²) in [5.74, 6) is 0.226. The molecule has 0 saturated heterocycles. The summed E-state index contributed by atoms with van der Waals surface area (Å²) in [6.07, 6.45) is 0.726. The molecular weight excluding hydrogens is 335 g/mol. The Labute approximate surface area is 123 Å². The highest BCUT2D eigenvalue weighted by molar-refractivity contribution is 9.10. The van der Waals surface area contributed by atoms with Crippen LogP contribution in [0.4, 0.5) is 4.39 Å². The number of carbonyl (C=O) groups excluding carboxylic acids is 1. The third kappa shape index (κ3) is 3.14. The first-order valence-electron chi connectivity index (χ1n) is 5.39. The van der Waals surface area contributed by atoms with Gasteiger partial charge in [0.1, 0.15) is 23.6 Å². The van der Waals surface area contributed by atoms with Gasteiger partial charge in [-0.05, 0) is 40.5 Å². The molecular formula is C14H9BrClFO2. The zero-order valence-electron chi connectivity index (χ0n) is 9.91. The molecule has 0 unspecified atom stereocenters. The van der Waals surface area contributed by atoms with Crippen molar-refractivity contribution in [1.82, 2.24) is 0 Å². The molecule has 0 saturated carbocycles. The number of rotatable bonds is 3. The zero-order chi connectivity index (χ0) is 14.0. The largest absolute Gasteiger partial charge is 0.456 e. The summed E-state index contributed by atoms with van der Waals surface area (Å²) in [5, 5.41) is 0.0117. The van der Waals surface area contributed by atoms with Crippen LogP contribution >= 0.6 is 27.5 Å². The van der Waals surface area contributed by atoms with Crippen LogP contribution in [0.1, 0.15) is 15.9 Å². The first kappa shape index (κ1) is 14.0. The average molecular weight is 344 g/mol. The highest BCUT2D eigenvalue weighted by Crippen LogP contribution is 2.35. The van der Waals surface area contributed by atoms with E-state index in [2.05, 4.69) is 15.9 Å². The highest BCUT2D eigenvalue weighted by Gasteiger charge is 2.10. The van der Waals surface area contributed by atoms with E-state index in [1.54, 1.807) is 18.2 Å². The number of carbonyl (C=O) groups is 1. The van der Waals surface area contributed by atoms with E-state index >= 15 is 0 Å². The molecule has 0 aliphatic rings. The maximum atomic E-state index is 13.4. The lowest BCUT2D eigenvalue weighted by molar-refractivity contribution is 0.112. The van der Waals surface area contributed by atoms with Crippen LogP contribution in [0, 0.1) is 12.7 Å². The molecule has 2 aromatic rings. The summed E-state index contributed by atoms with van der Waals surface area (Å²) in [4.78, 5) is 10.7. The maximum absolute atomic E-state index is 13.4. The van der Waals surface area contributed by atoms with Crippen LogP contribution in [0.2, 0.25) is 5.02 Å². The quantitative estimate of drug-likeness (QED) is 0.569. The molecule has 0 spiro atoms. The normalized spacial score (nSPS) is 10.3. The molecule has 0 N–H and O–H groups in total. The fourth-order valence-corrected chi connectivity index (χ4v) is 2.22. The third-order valence-corrected chi connectivity index (χ3v) is 3.45. The average Bonchev–Trinajstić information content (AvgIpc) is 2.38. The molecule has 5 heteroatoms. The van der Waals surface area contributed by atoms with Gasteiger partial charge in [0, 0.05) is 11.6 Å². The summed E-state index contributed by atoms with van der Waals surface area (Å²) >= 11 is 8.91. The Kier molecular flexibility index (Phi) is 4.22. The van der Waals surface area contributed by atoms with Gasteiger partial charge in [-0.2, -0.15) is 0 Å². The van der Waals surface area contributed by atoms with E-state index in [0.29, 0.717) is 21.5 Å². The molecule has 0 bridgehead atoms. The van der Waals surface area contributed by atoms with E-state index in [0.717, 1.165) is 11.8 Å². The summed E-state index contributed by atoms with van der Waals surface area (Å²) in [6, 6.07) is 7.66. The van der Waals surface area contributed by atoms with Crippen molar-refractivity contribution in [3.05, 3.63) is 56.8 Å². The van der Waals surface area contributed by atoms with Gasteiger partial charge in [0.2, 0.25) is 0 Å². The van der Waals surface area contributed by atoms with E-state index in [9.17, 15) is 9.18 Å². The van der Waals surface area contributed by atoms with Crippen LogP contribution in [0.5, 0.6) is 11.5 Å². The molecule has 0 radical (unpaired) electrons. The Morgan fingerprint density at radius 3 is 2.68 bits per heavy atom. The minimum absolute atomic E-state index is 0.0117. The monoisotopic (exact) mass is 342 g/mol. The topological polar surface area (TPSA) is 26.3 Å². The molecule has 98 valence electrons. The van der Waals surface area contributed by atoms with Crippen molar-refractivity contribution < 1.29 is 13.9 Å². The van der Waals surface area contributed by atoms with E-state index < -0.39 is 5.82 Å². The molecule has 0 aromatic heterocycles. The van der Waals surface area contributed by atoms with Crippen molar-refractivity contribution in [2.24, 2.45) is 0 Å². The van der Waals surface area contributed by atoms with Crippen molar-refractivity contribution in [3.63, 3.8) is 0 Å². The number of hydrogen-bond donors (Lipinski definition) is 0. The molecule has 0 aliphatic heterocycles. The van der Waals surface area contributed by atoms with Gasteiger partial charge in [-0.1, -0.05) is 23.7 Å². The van der Waals surface area contributed by atoms with Crippen molar-refractivity contribution in [3.8, 4) is 11.5 Å². The Hall–Kier alpha value is -1.39. The molecule has 2 aromatic carbocycles. The van der Waals surface area contributed by atoms with Crippen molar-refractivity contribution in [2.75, 3.05) is 0 Å². The summed E-state index contributed by atoms with van der Waals surface area (Å²) in [7, 11) is 0. The Balaban J connectivity index is 2.41. The summed E-state index contributed by atoms with van der Waals surface area (Å²) < 4.78 is 19.6. The van der Waals surface area contributed by atoms with Gasteiger partial charge < -0.3 is 4.74 Å². The van der Waals surface area contributed by atoms with Gasteiger partial charge in [-0.15, -0.1) is 0 Å².